The van der Waals surface area contributed by atoms with Crippen LogP contribution in [0.3, 0.4) is 0 Å². The van der Waals surface area contributed by atoms with Crippen molar-refractivity contribution in [3.05, 3.63) is 30.0 Å². The predicted octanol–water partition coefficient (Wildman–Crippen LogP) is 3.24. The first-order valence-electron chi connectivity index (χ1n) is 5.45. The number of alkyl halides is 3. The molecule has 0 saturated heterocycles. The molecule has 1 aromatic carbocycles. The van der Waals surface area contributed by atoms with E-state index in [4.69, 9.17) is 4.74 Å². The maximum absolute atomic E-state index is 12.2. The number of aromatic amines is 1. The van der Waals surface area contributed by atoms with Gasteiger partial charge in [0.15, 0.2) is 5.75 Å². The summed E-state index contributed by atoms with van der Waals surface area (Å²) >= 11 is 0. The first-order valence-corrected chi connectivity index (χ1v) is 5.45. The lowest BCUT2D eigenvalue weighted by molar-refractivity contribution is -0.274. The van der Waals surface area contributed by atoms with E-state index < -0.39 is 12.3 Å². The van der Waals surface area contributed by atoms with E-state index in [-0.39, 0.29) is 23.6 Å². The smallest absolute Gasteiger partial charge is 0.461 e. The average Bonchev–Trinajstić information content (AvgIpc) is 2.72. The highest BCUT2D eigenvalue weighted by Gasteiger charge is 2.32. The lowest BCUT2D eigenvalue weighted by Crippen LogP contribution is -2.17. The highest BCUT2D eigenvalue weighted by Crippen LogP contribution is 2.30. The van der Waals surface area contributed by atoms with E-state index in [0.717, 1.165) is 0 Å². The summed E-state index contributed by atoms with van der Waals surface area (Å²) < 4.78 is 45.3. The topological polar surface area (TPSA) is 51.3 Å². The van der Waals surface area contributed by atoms with Crippen LogP contribution >= 0.6 is 0 Å². The standard InChI is InChI=1S/C12H10F3NO3/c1-2-18-11(17)8-6-7-4-3-5-9(10(7)16-8)19-12(13,14)15/h3-6,16H,2H2,1H3. The molecule has 0 fully saturated rings. The number of ether oxygens (including phenoxy) is 2. The van der Waals surface area contributed by atoms with Crippen LogP contribution in [-0.2, 0) is 4.74 Å². The Balaban J connectivity index is 2.42. The second-order valence-corrected chi connectivity index (χ2v) is 3.67. The third kappa shape index (κ3) is 2.98. The van der Waals surface area contributed by atoms with E-state index >= 15 is 0 Å². The van der Waals surface area contributed by atoms with Crippen LogP contribution in [0.4, 0.5) is 13.2 Å². The van der Waals surface area contributed by atoms with Crippen molar-refractivity contribution in [2.75, 3.05) is 6.61 Å². The van der Waals surface area contributed by atoms with Gasteiger partial charge in [0.05, 0.1) is 12.1 Å². The van der Waals surface area contributed by atoms with Crippen LogP contribution in [-0.4, -0.2) is 23.9 Å². The lowest BCUT2D eigenvalue weighted by Gasteiger charge is -2.09. The Morgan fingerprint density at radius 1 is 1.37 bits per heavy atom. The minimum Gasteiger partial charge on any atom is -0.461 e. The second kappa shape index (κ2) is 4.83. The predicted molar refractivity (Wildman–Crippen MR) is 60.9 cm³/mol. The fourth-order valence-electron chi connectivity index (χ4n) is 1.66. The van der Waals surface area contributed by atoms with Gasteiger partial charge in [-0.15, -0.1) is 13.2 Å². The molecule has 2 rings (SSSR count). The molecule has 1 heterocycles. The largest absolute Gasteiger partial charge is 0.573 e. The number of H-pyrrole nitrogens is 1. The molecule has 1 aromatic heterocycles. The molecule has 0 saturated carbocycles. The van der Waals surface area contributed by atoms with Crippen LogP contribution in [0.5, 0.6) is 5.75 Å². The number of esters is 1. The van der Waals surface area contributed by atoms with Gasteiger partial charge in [-0.3, -0.25) is 0 Å². The van der Waals surface area contributed by atoms with Crippen LogP contribution in [0.1, 0.15) is 17.4 Å². The van der Waals surface area contributed by atoms with Gasteiger partial charge in [-0.2, -0.15) is 0 Å². The molecule has 0 unspecified atom stereocenters. The first-order chi connectivity index (χ1) is 8.90. The normalized spacial score (nSPS) is 11.6. The molecular formula is C12H10F3NO3. The molecule has 4 nitrogen and oxygen atoms in total. The molecule has 0 aliphatic heterocycles. The number of halogens is 3. The van der Waals surface area contributed by atoms with Crippen LogP contribution < -0.4 is 4.74 Å². The van der Waals surface area contributed by atoms with Gasteiger partial charge in [-0.05, 0) is 19.1 Å². The number of nitrogens with one attached hydrogen (secondary N) is 1. The molecular weight excluding hydrogens is 263 g/mol. The highest BCUT2D eigenvalue weighted by atomic mass is 19.4. The fourth-order valence-corrected chi connectivity index (χ4v) is 1.66. The van der Waals surface area contributed by atoms with Crippen molar-refractivity contribution in [1.29, 1.82) is 0 Å². The molecule has 0 bridgehead atoms. The summed E-state index contributed by atoms with van der Waals surface area (Å²) in [6.07, 6.45) is -4.79. The highest BCUT2D eigenvalue weighted by molar-refractivity contribution is 5.96. The minimum absolute atomic E-state index is 0.0788. The second-order valence-electron chi connectivity index (χ2n) is 3.67. The zero-order valence-electron chi connectivity index (χ0n) is 9.88. The maximum Gasteiger partial charge on any atom is 0.573 e. The van der Waals surface area contributed by atoms with Gasteiger partial charge in [0.25, 0.3) is 0 Å². The Kier molecular flexibility index (Phi) is 3.37. The summed E-state index contributed by atoms with van der Waals surface area (Å²) in [6.45, 7) is 1.82. The van der Waals surface area contributed by atoms with E-state index in [1.54, 1.807) is 13.0 Å². The summed E-state index contributed by atoms with van der Waals surface area (Å²) in [6, 6.07) is 5.56. The number of benzene rings is 1. The van der Waals surface area contributed by atoms with Crippen molar-refractivity contribution in [1.82, 2.24) is 4.98 Å². The van der Waals surface area contributed by atoms with E-state index in [0.29, 0.717) is 5.39 Å². The van der Waals surface area contributed by atoms with E-state index in [9.17, 15) is 18.0 Å². The number of aromatic nitrogens is 1. The molecule has 2 aromatic rings. The Hall–Kier alpha value is -2.18. The van der Waals surface area contributed by atoms with E-state index in [2.05, 4.69) is 9.72 Å². The van der Waals surface area contributed by atoms with Crippen molar-refractivity contribution in [3.8, 4) is 5.75 Å². The molecule has 0 aliphatic rings. The minimum atomic E-state index is -4.79. The summed E-state index contributed by atoms with van der Waals surface area (Å²) in [5.74, 6) is -1.02. The monoisotopic (exact) mass is 273 g/mol. The van der Waals surface area contributed by atoms with Gasteiger partial charge in [0.2, 0.25) is 0 Å². The molecule has 1 N–H and O–H groups in total. The number of carbonyl (C=O) groups excluding carboxylic acids is 1. The molecule has 0 spiro atoms. The van der Waals surface area contributed by atoms with Gasteiger partial charge in [0, 0.05) is 5.39 Å². The van der Waals surface area contributed by atoms with Crippen LogP contribution in [0.25, 0.3) is 10.9 Å². The van der Waals surface area contributed by atoms with Crippen LogP contribution in [0.15, 0.2) is 24.3 Å². The zero-order valence-corrected chi connectivity index (χ0v) is 9.88. The van der Waals surface area contributed by atoms with Crippen molar-refractivity contribution >= 4 is 16.9 Å². The van der Waals surface area contributed by atoms with Crippen molar-refractivity contribution < 1.29 is 27.4 Å². The molecule has 19 heavy (non-hydrogen) atoms. The van der Waals surface area contributed by atoms with Crippen LogP contribution in [0, 0.1) is 0 Å². The third-order valence-electron chi connectivity index (χ3n) is 2.34. The molecule has 0 amide bonds. The van der Waals surface area contributed by atoms with Gasteiger partial charge in [-0.25, -0.2) is 4.79 Å². The zero-order chi connectivity index (χ0) is 14.0. The Labute approximate surface area is 106 Å². The Bertz CT molecular complexity index is 604. The number of fused-ring (bicyclic) bond motifs is 1. The van der Waals surface area contributed by atoms with Crippen molar-refractivity contribution in [2.24, 2.45) is 0 Å². The lowest BCUT2D eigenvalue weighted by atomic mass is 10.2. The van der Waals surface area contributed by atoms with Gasteiger partial charge >= 0.3 is 12.3 Å². The quantitative estimate of drug-likeness (QED) is 0.873. The summed E-state index contributed by atoms with van der Waals surface area (Å²) in [4.78, 5) is 14.1. The third-order valence-corrected chi connectivity index (χ3v) is 2.34. The first kappa shape index (κ1) is 13.3. The average molecular weight is 273 g/mol. The number of hydrogen-bond donors (Lipinski definition) is 1. The summed E-state index contributed by atoms with van der Waals surface area (Å²) in [5.41, 5.74) is 0.179. The molecule has 0 aliphatic carbocycles. The molecule has 102 valence electrons. The van der Waals surface area contributed by atoms with Crippen molar-refractivity contribution in [2.45, 2.75) is 13.3 Å². The van der Waals surface area contributed by atoms with Gasteiger partial charge in [0.1, 0.15) is 5.69 Å². The molecule has 7 heteroatoms. The number of para-hydroxylation sites is 1. The Morgan fingerprint density at radius 2 is 2.11 bits per heavy atom. The van der Waals surface area contributed by atoms with Gasteiger partial charge in [-0.1, -0.05) is 12.1 Å². The molecule has 0 radical (unpaired) electrons. The van der Waals surface area contributed by atoms with Crippen molar-refractivity contribution in [3.63, 3.8) is 0 Å². The SMILES string of the molecule is CCOC(=O)c1cc2cccc(OC(F)(F)F)c2[nH]1. The van der Waals surface area contributed by atoms with Crippen LogP contribution in [0.2, 0.25) is 0 Å². The number of rotatable bonds is 3. The maximum atomic E-state index is 12.2. The molecule has 0 atom stereocenters. The summed E-state index contributed by atoms with van der Waals surface area (Å²) in [7, 11) is 0. The van der Waals surface area contributed by atoms with E-state index in [1.165, 1.54) is 18.2 Å². The summed E-state index contributed by atoms with van der Waals surface area (Å²) in [5, 5.41) is 0.435. The van der Waals surface area contributed by atoms with Gasteiger partial charge < -0.3 is 14.5 Å². The fraction of sp³-hybridized carbons (Fsp3) is 0.250. The number of carbonyl (C=O) groups is 1. The van der Waals surface area contributed by atoms with E-state index in [1.807, 2.05) is 0 Å². The Morgan fingerprint density at radius 3 is 2.74 bits per heavy atom. The number of hydrogen-bond acceptors (Lipinski definition) is 3.